The summed E-state index contributed by atoms with van der Waals surface area (Å²) >= 11 is 9.29. The van der Waals surface area contributed by atoms with Gasteiger partial charge in [0.1, 0.15) is 0 Å². The quantitative estimate of drug-likeness (QED) is 0.644. The van der Waals surface area contributed by atoms with E-state index in [0.29, 0.717) is 17.5 Å². The number of hydrogen-bond acceptors (Lipinski definition) is 1. The van der Waals surface area contributed by atoms with Gasteiger partial charge in [-0.15, -0.1) is 0 Å². The van der Waals surface area contributed by atoms with E-state index in [4.69, 9.17) is 17.3 Å². The molecule has 0 atom stereocenters. The lowest BCUT2D eigenvalue weighted by atomic mass is 10.3. The van der Waals surface area contributed by atoms with E-state index < -0.39 is 0 Å². The van der Waals surface area contributed by atoms with E-state index in [0.717, 1.165) is 10.2 Å². The molecule has 0 spiro atoms. The van der Waals surface area contributed by atoms with E-state index in [-0.39, 0.29) is 0 Å². The Balaban J connectivity index is 2.85. The average molecular weight is 277 g/mol. The van der Waals surface area contributed by atoms with Crippen LogP contribution in [0.4, 0.5) is 5.69 Å². The Labute approximate surface area is 96.5 Å². The largest absolute Gasteiger partial charge is 0.370 e. The molecule has 1 rings (SSSR count). The van der Waals surface area contributed by atoms with E-state index in [1.165, 1.54) is 0 Å². The SMILES string of the molecule is CCN=C(N)Nc1cc(Br)ccc1Cl. The van der Waals surface area contributed by atoms with Crippen LogP contribution in [0.3, 0.4) is 0 Å². The molecule has 3 N–H and O–H groups in total. The molecule has 1 aromatic rings. The number of nitrogens with one attached hydrogen (secondary N) is 1. The van der Waals surface area contributed by atoms with Crippen LogP contribution in [0.25, 0.3) is 0 Å². The molecule has 0 heterocycles. The maximum Gasteiger partial charge on any atom is 0.193 e. The molecule has 76 valence electrons. The molecule has 1 aromatic carbocycles. The van der Waals surface area contributed by atoms with Gasteiger partial charge in [-0.25, -0.2) is 0 Å². The van der Waals surface area contributed by atoms with Crippen LogP contribution in [-0.4, -0.2) is 12.5 Å². The summed E-state index contributed by atoms with van der Waals surface area (Å²) in [6.07, 6.45) is 0. The molecule has 0 saturated carbocycles. The number of benzene rings is 1. The summed E-state index contributed by atoms with van der Waals surface area (Å²) in [4.78, 5) is 4.00. The fourth-order valence-electron chi connectivity index (χ4n) is 0.941. The van der Waals surface area contributed by atoms with Gasteiger partial charge in [0.25, 0.3) is 0 Å². The summed E-state index contributed by atoms with van der Waals surface area (Å²) in [6, 6.07) is 5.49. The molecule has 0 radical (unpaired) electrons. The van der Waals surface area contributed by atoms with Crippen molar-refractivity contribution < 1.29 is 0 Å². The van der Waals surface area contributed by atoms with Gasteiger partial charge in [-0.1, -0.05) is 27.5 Å². The number of nitrogens with zero attached hydrogens (tertiary/aromatic N) is 1. The molecule has 5 heteroatoms. The second-order valence-corrected chi connectivity index (χ2v) is 3.93. The molecule has 14 heavy (non-hydrogen) atoms. The summed E-state index contributed by atoms with van der Waals surface area (Å²) in [5, 5.41) is 3.53. The lowest BCUT2D eigenvalue weighted by Crippen LogP contribution is -2.22. The maximum atomic E-state index is 5.95. The Morgan fingerprint density at radius 1 is 1.64 bits per heavy atom. The number of guanidine groups is 1. The highest BCUT2D eigenvalue weighted by molar-refractivity contribution is 9.10. The second kappa shape index (κ2) is 5.22. The van der Waals surface area contributed by atoms with Gasteiger partial charge in [-0.2, -0.15) is 0 Å². The van der Waals surface area contributed by atoms with E-state index in [1.54, 1.807) is 6.07 Å². The number of anilines is 1. The first kappa shape index (κ1) is 11.3. The minimum absolute atomic E-state index is 0.368. The van der Waals surface area contributed by atoms with Crippen LogP contribution in [0.2, 0.25) is 5.02 Å². The van der Waals surface area contributed by atoms with E-state index in [9.17, 15) is 0 Å². The smallest absolute Gasteiger partial charge is 0.193 e. The highest BCUT2D eigenvalue weighted by atomic mass is 79.9. The first-order chi connectivity index (χ1) is 6.63. The van der Waals surface area contributed by atoms with Crippen molar-refractivity contribution in [2.75, 3.05) is 11.9 Å². The molecule has 0 aliphatic heterocycles. The standard InChI is InChI=1S/C9H11BrClN3/c1-2-13-9(12)14-8-5-6(10)3-4-7(8)11/h3-5H,2H2,1H3,(H3,12,13,14). The van der Waals surface area contributed by atoms with Crippen molar-refractivity contribution in [3.63, 3.8) is 0 Å². The van der Waals surface area contributed by atoms with Gasteiger partial charge in [-0.05, 0) is 25.1 Å². The van der Waals surface area contributed by atoms with Crippen molar-refractivity contribution in [3.05, 3.63) is 27.7 Å². The topological polar surface area (TPSA) is 50.4 Å². The highest BCUT2D eigenvalue weighted by Crippen LogP contribution is 2.25. The molecule has 0 aromatic heterocycles. The zero-order chi connectivity index (χ0) is 10.6. The Kier molecular flexibility index (Phi) is 4.22. The van der Waals surface area contributed by atoms with Crippen molar-refractivity contribution >= 4 is 39.2 Å². The molecule has 0 unspecified atom stereocenters. The minimum atomic E-state index is 0.368. The summed E-state index contributed by atoms with van der Waals surface area (Å²) < 4.78 is 0.939. The molecule has 0 aliphatic carbocycles. The number of aliphatic imine (C=N–C) groups is 1. The van der Waals surface area contributed by atoms with Gasteiger partial charge in [0.15, 0.2) is 5.96 Å². The van der Waals surface area contributed by atoms with Gasteiger partial charge in [0.05, 0.1) is 10.7 Å². The van der Waals surface area contributed by atoms with Crippen LogP contribution in [-0.2, 0) is 0 Å². The predicted octanol–water partition coefficient (Wildman–Crippen LogP) is 2.85. The first-order valence-electron chi connectivity index (χ1n) is 4.15. The molecule has 0 bridgehead atoms. The Morgan fingerprint density at radius 3 is 3.00 bits per heavy atom. The summed E-state index contributed by atoms with van der Waals surface area (Å²) in [7, 11) is 0. The van der Waals surface area contributed by atoms with Crippen LogP contribution in [0.15, 0.2) is 27.7 Å². The van der Waals surface area contributed by atoms with E-state index >= 15 is 0 Å². The van der Waals surface area contributed by atoms with Gasteiger partial charge in [0, 0.05) is 11.0 Å². The predicted molar refractivity (Wildman–Crippen MR) is 64.9 cm³/mol. The zero-order valence-corrected chi connectivity index (χ0v) is 10.1. The fourth-order valence-corrected chi connectivity index (χ4v) is 1.47. The van der Waals surface area contributed by atoms with Gasteiger partial charge < -0.3 is 11.1 Å². The number of rotatable bonds is 2. The minimum Gasteiger partial charge on any atom is -0.370 e. The third-order valence-corrected chi connectivity index (χ3v) is 2.34. The third-order valence-electron chi connectivity index (χ3n) is 1.52. The highest BCUT2D eigenvalue weighted by Gasteiger charge is 2.01. The first-order valence-corrected chi connectivity index (χ1v) is 5.32. The average Bonchev–Trinajstić information content (AvgIpc) is 2.12. The summed E-state index contributed by atoms with van der Waals surface area (Å²) in [6.45, 7) is 2.56. The third kappa shape index (κ3) is 3.20. The second-order valence-electron chi connectivity index (χ2n) is 2.61. The monoisotopic (exact) mass is 275 g/mol. The number of halogens is 2. The van der Waals surface area contributed by atoms with Crippen molar-refractivity contribution in [1.82, 2.24) is 0 Å². The van der Waals surface area contributed by atoms with Gasteiger partial charge in [0.2, 0.25) is 0 Å². The molecular formula is C9H11BrClN3. The molecular weight excluding hydrogens is 265 g/mol. The van der Waals surface area contributed by atoms with Crippen LogP contribution in [0.1, 0.15) is 6.92 Å². The Morgan fingerprint density at radius 2 is 2.36 bits per heavy atom. The lowest BCUT2D eigenvalue weighted by Gasteiger charge is -2.07. The molecule has 0 amide bonds. The zero-order valence-electron chi connectivity index (χ0n) is 7.72. The molecule has 0 fully saturated rings. The molecule has 0 aliphatic rings. The van der Waals surface area contributed by atoms with Crippen molar-refractivity contribution in [2.45, 2.75) is 6.92 Å². The van der Waals surface area contributed by atoms with Gasteiger partial charge >= 0.3 is 0 Å². The van der Waals surface area contributed by atoms with Crippen molar-refractivity contribution in [2.24, 2.45) is 10.7 Å². The maximum absolute atomic E-state index is 5.95. The number of hydrogen-bond donors (Lipinski definition) is 2. The van der Waals surface area contributed by atoms with Crippen molar-refractivity contribution in [1.29, 1.82) is 0 Å². The fraction of sp³-hybridized carbons (Fsp3) is 0.222. The van der Waals surface area contributed by atoms with Crippen LogP contribution >= 0.6 is 27.5 Å². The van der Waals surface area contributed by atoms with Crippen LogP contribution in [0.5, 0.6) is 0 Å². The normalized spacial score (nSPS) is 11.5. The van der Waals surface area contributed by atoms with Crippen LogP contribution in [0, 0.1) is 0 Å². The summed E-state index contributed by atoms with van der Waals surface area (Å²) in [5.74, 6) is 0.368. The lowest BCUT2D eigenvalue weighted by molar-refractivity contribution is 1.12. The molecule has 0 saturated heterocycles. The Hall–Kier alpha value is -0.740. The number of nitrogens with two attached hydrogens (primary N) is 1. The van der Waals surface area contributed by atoms with Crippen LogP contribution < -0.4 is 11.1 Å². The van der Waals surface area contributed by atoms with E-state index in [2.05, 4.69) is 26.2 Å². The van der Waals surface area contributed by atoms with Gasteiger partial charge in [-0.3, -0.25) is 4.99 Å². The Bertz CT molecular complexity index is 352. The van der Waals surface area contributed by atoms with Crippen molar-refractivity contribution in [3.8, 4) is 0 Å². The van der Waals surface area contributed by atoms with E-state index in [1.807, 2.05) is 19.1 Å². The molecule has 3 nitrogen and oxygen atoms in total. The summed E-state index contributed by atoms with van der Waals surface area (Å²) in [5.41, 5.74) is 6.35.